The van der Waals surface area contributed by atoms with Gasteiger partial charge >= 0.3 is 0 Å². The van der Waals surface area contributed by atoms with Gasteiger partial charge in [-0.25, -0.2) is 4.98 Å². The van der Waals surface area contributed by atoms with Gasteiger partial charge in [-0.05, 0) is 42.0 Å². The molecular formula is C22H20N4O2S. The van der Waals surface area contributed by atoms with E-state index in [0.717, 1.165) is 33.3 Å². The molecule has 0 radical (unpaired) electrons. The third-order valence-electron chi connectivity index (χ3n) is 4.47. The van der Waals surface area contributed by atoms with Crippen molar-refractivity contribution in [1.82, 2.24) is 9.97 Å². The highest BCUT2D eigenvalue weighted by Crippen LogP contribution is 2.25. The molecule has 4 aromatic rings. The van der Waals surface area contributed by atoms with Crippen LogP contribution in [0.2, 0.25) is 0 Å². The molecule has 146 valence electrons. The number of anilines is 2. The fraction of sp³-hybridized carbons (Fsp3) is 0.0909. The fourth-order valence-corrected chi connectivity index (χ4v) is 3.71. The maximum absolute atomic E-state index is 12.4. The first-order valence-corrected chi connectivity index (χ1v) is 10.0. The van der Waals surface area contributed by atoms with Crippen LogP contribution in [0.1, 0.15) is 15.9 Å². The molecule has 0 unspecified atom stereocenters. The number of imidazole rings is 1. The number of para-hydroxylation sites is 2. The summed E-state index contributed by atoms with van der Waals surface area (Å²) >= 11 is 1.61. The molecule has 29 heavy (non-hydrogen) atoms. The van der Waals surface area contributed by atoms with Gasteiger partial charge < -0.3 is 20.8 Å². The fourth-order valence-electron chi connectivity index (χ4n) is 2.87. The van der Waals surface area contributed by atoms with Crippen molar-refractivity contribution < 1.29 is 9.53 Å². The number of hydrogen-bond acceptors (Lipinski definition) is 5. The summed E-state index contributed by atoms with van der Waals surface area (Å²) in [6.07, 6.45) is 0. The molecule has 0 atom stereocenters. The van der Waals surface area contributed by atoms with E-state index in [1.165, 1.54) is 0 Å². The van der Waals surface area contributed by atoms with Gasteiger partial charge in [0.05, 0.1) is 29.5 Å². The van der Waals surface area contributed by atoms with Crippen LogP contribution in [0.4, 0.5) is 11.4 Å². The second-order valence-electron chi connectivity index (χ2n) is 6.45. The molecule has 0 saturated carbocycles. The van der Waals surface area contributed by atoms with E-state index in [-0.39, 0.29) is 5.91 Å². The van der Waals surface area contributed by atoms with E-state index in [9.17, 15) is 4.79 Å². The van der Waals surface area contributed by atoms with E-state index < -0.39 is 0 Å². The largest absolute Gasteiger partial charge is 0.497 e. The summed E-state index contributed by atoms with van der Waals surface area (Å²) in [7, 11) is 1.64. The molecule has 0 saturated heterocycles. The van der Waals surface area contributed by atoms with Gasteiger partial charge in [0.1, 0.15) is 5.75 Å². The van der Waals surface area contributed by atoms with Gasteiger partial charge in [0.25, 0.3) is 5.91 Å². The molecular weight excluding hydrogens is 384 g/mol. The summed E-state index contributed by atoms with van der Waals surface area (Å²) in [5, 5.41) is 3.68. The highest BCUT2D eigenvalue weighted by molar-refractivity contribution is 7.98. The summed E-state index contributed by atoms with van der Waals surface area (Å²) < 4.78 is 5.24. The number of hydrogen-bond donors (Lipinski definition) is 3. The molecule has 4 N–H and O–H groups in total. The second-order valence-corrected chi connectivity index (χ2v) is 7.42. The first kappa shape index (κ1) is 18.9. The third-order valence-corrected chi connectivity index (χ3v) is 5.41. The number of nitrogens with two attached hydrogens (primary N) is 1. The van der Waals surface area contributed by atoms with Crippen molar-refractivity contribution in [3.05, 3.63) is 77.9 Å². The lowest BCUT2D eigenvalue weighted by atomic mass is 10.1. The molecule has 1 amide bonds. The van der Waals surface area contributed by atoms with Crippen molar-refractivity contribution in [2.45, 2.75) is 10.9 Å². The molecule has 6 nitrogen and oxygen atoms in total. The zero-order valence-corrected chi connectivity index (χ0v) is 16.6. The number of benzene rings is 3. The van der Waals surface area contributed by atoms with Gasteiger partial charge in [0, 0.05) is 17.4 Å². The monoisotopic (exact) mass is 404 g/mol. The van der Waals surface area contributed by atoms with Crippen LogP contribution in [-0.2, 0) is 5.75 Å². The zero-order chi connectivity index (χ0) is 20.2. The Morgan fingerprint density at radius 2 is 1.93 bits per heavy atom. The van der Waals surface area contributed by atoms with E-state index in [4.69, 9.17) is 10.5 Å². The number of aromatic amines is 1. The van der Waals surface area contributed by atoms with Gasteiger partial charge in [0.15, 0.2) is 5.16 Å². The van der Waals surface area contributed by atoms with Crippen molar-refractivity contribution in [1.29, 1.82) is 0 Å². The van der Waals surface area contributed by atoms with E-state index in [1.807, 2.05) is 54.6 Å². The van der Waals surface area contributed by atoms with Crippen LogP contribution in [0.5, 0.6) is 5.75 Å². The van der Waals surface area contributed by atoms with E-state index in [2.05, 4.69) is 15.3 Å². The lowest BCUT2D eigenvalue weighted by Crippen LogP contribution is -2.13. The molecule has 0 aliphatic heterocycles. The van der Waals surface area contributed by atoms with E-state index in [0.29, 0.717) is 16.9 Å². The van der Waals surface area contributed by atoms with Crippen LogP contribution < -0.4 is 15.8 Å². The van der Waals surface area contributed by atoms with Crippen molar-refractivity contribution in [2.75, 3.05) is 18.2 Å². The molecule has 0 fully saturated rings. The Morgan fingerprint density at radius 1 is 1.14 bits per heavy atom. The van der Waals surface area contributed by atoms with Crippen LogP contribution in [0.15, 0.2) is 71.9 Å². The van der Waals surface area contributed by atoms with Gasteiger partial charge in [0.2, 0.25) is 0 Å². The average molecular weight is 404 g/mol. The number of ether oxygens (including phenoxy) is 1. The maximum atomic E-state index is 12.4. The van der Waals surface area contributed by atoms with Crippen molar-refractivity contribution in [3.8, 4) is 5.75 Å². The minimum absolute atomic E-state index is 0.187. The van der Waals surface area contributed by atoms with Crippen LogP contribution in [0.25, 0.3) is 11.0 Å². The lowest BCUT2D eigenvalue weighted by Gasteiger charge is -2.08. The highest BCUT2D eigenvalue weighted by Gasteiger charge is 2.09. The number of carbonyl (C=O) groups excluding carboxylic acids is 1. The lowest BCUT2D eigenvalue weighted by molar-refractivity contribution is 0.102. The second kappa shape index (κ2) is 8.28. The summed E-state index contributed by atoms with van der Waals surface area (Å²) in [6.45, 7) is 0. The predicted octanol–water partition coefficient (Wildman–Crippen LogP) is 4.70. The number of nitrogen functional groups attached to an aromatic ring is 1. The molecule has 7 heteroatoms. The first-order chi connectivity index (χ1) is 14.1. The number of rotatable bonds is 6. The molecule has 1 heterocycles. The number of carbonyl (C=O) groups is 1. The first-order valence-electron chi connectivity index (χ1n) is 9.04. The molecule has 3 aromatic carbocycles. The summed E-state index contributed by atoms with van der Waals surface area (Å²) in [5.41, 5.74) is 10.6. The molecule has 0 aliphatic carbocycles. The molecule has 1 aromatic heterocycles. The topological polar surface area (TPSA) is 93.0 Å². The molecule has 4 rings (SSSR count). The standard InChI is InChI=1S/C22H20N4O2S/c1-28-16-10-11-19-20(12-16)26-22(25-19)29-13-14-6-8-15(9-7-14)21(27)24-18-5-3-2-4-17(18)23/h2-12H,13,23H2,1H3,(H,24,27)(H,25,26). The summed E-state index contributed by atoms with van der Waals surface area (Å²) in [5.74, 6) is 1.35. The Labute approximate surface area is 172 Å². The number of nitrogens with one attached hydrogen (secondary N) is 2. The Morgan fingerprint density at radius 3 is 2.69 bits per heavy atom. The van der Waals surface area contributed by atoms with Crippen molar-refractivity contribution in [2.24, 2.45) is 0 Å². The van der Waals surface area contributed by atoms with Gasteiger partial charge in [-0.2, -0.15) is 0 Å². The quantitative estimate of drug-likeness (QED) is 0.320. The van der Waals surface area contributed by atoms with Crippen LogP contribution in [0.3, 0.4) is 0 Å². The third kappa shape index (κ3) is 4.35. The van der Waals surface area contributed by atoms with E-state index in [1.54, 1.807) is 31.0 Å². The van der Waals surface area contributed by atoms with Gasteiger partial charge in [-0.3, -0.25) is 4.79 Å². The van der Waals surface area contributed by atoms with Crippen molar-refractivity contribution in [3.63, 3.8) is 0 Å². The normalized spacial score (nSPS) is 10.8. The predicted molar refractivity (Wildman–Crippen MR) is 117 cm³/mol. The average Bonchev–Trinajstić information content (AvgIpc) is 3.16. The Bertz CT molecular complexity index is 1160. The van der Waals surface area contributed by atoms with Crippen LogP contribution >= 0.6 is 11.8 Å². The SMILES string of the molecule is COc1ccc2nc(SCc3ccc(C(=O)Nc4ccccc4N)cc3)[nH]c2c1. The summed E-state index contributed by atoms with van der Waals surface area (Å²) in [4.78, 5) is 20.3. The maximum Gasteiger partial charge on any atom is 0.255 e. The minimum atomic E-state index is -0.187. The number of fused-ring (bicyclic) bond motifs is 1. The highest BCUT2D eigenvalue weighted by atomic mass is 32.2. The number of thioether (sulfide) groups is 1. The number of methoxy groups -OCH3 is 1. The number of H-pyrrole nitrogens is 1. The number of amides is 1. The molecule has 0 spiro atoms. The minimum Gasteiger partial charge on any atom is -0.497 e. The van der Waals surface area contributed by atoms with Gasteiger partial charge in [-0.1, -0.05) is 36.0 Å². The zero-order valence-electron chi connectivity index (χ0n) is 15.8. The van der Waals surface area contributed by atoms with Crippen LogP contribution in [0, 0.1) is 0 Å². The smallest absolute Gasteiger partial charge is 0.255 e. The van der Waals surface area contributed by atoms with Gasteiger partial charge in [-0.15, -0.1) is 0 Å². The number of nitrogens with zero attached hydrogens (tertiary/aromatic N) is 1. The Balaban J connectivity index is 1.39. The Kier molecular flexibility index (Phi) is 5.39. The molecule has 0 aliphatic rings. The van der Waals surface area contributed by atoms with E-state index >= 15 is 0 Å². The van der Waals surface area contributed by atoms with Crippen LogP contribution in [-0.4, -0.2) is 23.0 Å². The summed E-state index contributed by atoms with van der Waals surface area (Å²) in [6, 6.07) is 20.5. The Hall–Kier alpha value is -3.45. The molecule has 0 bridgehead atoms. The number of aromatic nitrogens is 2. The van der Waals surface area contributed by atoms with Crippen molar-refractivity contribution >= 4 is 40.1 Å².